The van der Waals surface area contributed by atoms with Crippen LogP contribution in [0.25, 0.3) is 0 Å². The Kier molecular flexibility index (Phi) is 8.33. The molecule has 2 aliphatic rings. The van der Waals surface area contributed by atoms with Crippen LogP contribution in [0.1, 0.15) is 49.0 Å². The maximum atomic E-state index is 15.5. The van der Waals surface area contributed by atoms with Gasteiger partial charge in [0.15, 0.2) is 11.4 Å². The highest BCUT2D eigenvalue weighted by molar-refractivity contribution is 6.31. The van der Waals surface area contributed by atoms with Crippen molar-refractivity contribution in [3.63, 3.8) is 0 Å². The van der Waals surface area contributed by atoms with Crippen molar-refractivity contribution in [1.82, 2.24) is 10.6 Å². The molecule has 40 heavy (non-hydrogen) atoms. The van der Waals surface area contributed by atoms with Gasteiger partial charge in [0.25, 0.3) is 11.8 Å². The molecule has 2 aliphatic heterocycles. The van der Waals surface area contributed by atoms with Gasteiger partial charge in [-0.2, -0.15) is 0 Å². The number of carbonyl (C=O) groups is 4. The minimum atomic E-state index is -1.34. The van der Waals surface area contributed by atoms with Crippen molar-refractivity contribution >= 4 is 47.0 Å². The van der Waals surface area contributed by atoms with Crippen molar-refractivity contribution < 1.29 is 38.1 Å². The van der Waals surface area contributed by atoms with Gasteiger partial charge in [-0.1, -0.05) is 11.6 Å². The van der Waals surface area contributed by atoms with E-state index in [9.17, 15) is 19.2 Å². The number of ether oxygens (including phenoxy) is 2. The molecule has 4 N–H and O–H groups in total. The van der Waals surface area contributed by atoms with Crippen molar-refractivity contribution in [2.75, 3.05) is 30.4 Å². The summed E-state index contributed by atoms with van der Waals surface area (Å²) in [5.41, 5.74) is -1.88. The molecule has 13 heteroatoms. The van der Waals surface area contributed by atoms with E-state index in [1.54, 1.807) is 13.8 Å². The Morgan fingerprint density at radius 1 is 1.25 bits per heavy atom. The van der Waals surface area contributed by atoms with Gasteiger partial charge in [0.05, 0.1) is 21.9 Å². The maximum absolute atomic E-state index is 15.5. The zero-order chi connectivity index (χ0) is 29.2. The van der Waals surface area contributed by atoms with Gasteiger partial charge >= 0.3 is 12.2 Å². The highest BCUT2D eigenvalue weighted by Crippen LogP contribution is 2.46. The minimum absolute atomic E-state index is 0.00209. The summed E-state index contributed by atoms with van der Waals surface area (Å²) >= 11 is 6.11. The number of carboxylic acid groups (broad SMARTS) is 1. The molecular formula is C27H30ClFN4O7. The molecule has 2 heterocycles. The van der Waals surface area contributed by atoms with Crippen molar-refractivity contribution in [1.29, 1.82) is 0 Å². The van der Waals surface area contributed by atoms with E-state index in [1.807, 2.05) is 0 Å². The Morgan fingerprint density at radius 2 is 1.95 bits per heavy atom. The number of methoxy groups -OCH3 is 1. The number of hydrogen-bond acceptors (Lipinski definition) is 7. The number of nitrogens with zero attached hydrogens (tertiary/aromatic N) is 1. The van der Waals surface area contributed by atoms with Gasteiger partial charge in [0.1, 0.15) is 6.04 Å². The van der Waals surface area contributed by atoms with Gasteiger partial charge < -0.3 is 25.2 Å². The van der Waals surface area contributed by atoms with Crippen LogP contribution < -0.4 is 20.9 Å². The SMILES string of the molecule is COC(C)(C)C[C@H](NC(=O)c1ccc(NC(=O)O)cc1)C(=O)N1C(=O)OC2(CCCNC2)c2c1ccc(Cl)c2F. The summed E-state index contributed by atoms with van der Waals surface area (Å²) in [4.78, 5) is 52.1. The second-order valence-corrected chi connectivity index (χ2v) is 10.7. The Balaban J connectivity index is 1.70. The molecule has 0 bridgehead atoms. The number of piperidine rings is 1. The van der Waals surface area contributed by atoms with E-state index in [0.717, 1.165) is 4.90 Å². The van der Waals surface area contributed by atoms with E-state index in [-0.39, 0.29) is 40.5 Å². The molecule has 214 valence electrons. The van der Waals surface area contributed by atoms with E-state index < -0.39 is 47.1 Å². The molecule has 0 aromatic heterocycles. The lowest BCUT2D eigenvalue weighted by atomic mass is 9.83. The van der Waals surface area contributed by atoms with Crippen LogP contribution in [0.15, 0.2) is 36.4 Å². The Morgan fingerprint density at radius 3 is 2.55 bits per heavy atom. The normalized spacial score (nSPS) is 19.4. The van der Waals surface area contributed by atoms with Gasteiger partial charge in [-0.15, -0.1) is 0 Å². The first kappa shape index (κ1) is 29.2. The lowest BCUT2D eigenvalue weighted by Crippen LogP contribution is -2.59. The number of benzene rings is 2. The molecule has 11 nitrogen and oxygen atoms in total. The van der Waals surface area contributed by atoms with Gasteiger partial charge in [-0.25, -0.2) is 18.9 Å². The van der Waals surface area contributed by atoms with E-state index in [2.05, 4.69) is 16.0 Å². The summed E-state index contributed by atoms with van der Waals surface area (Å²) in [6.45, 7) is 4.22. The number of rotatable bonds is 7. The standard InChI is InChI=1S/C27H30ClFN4O7/c1-26(2,39-3)13-18(32-22(34)15-5-7-16(8-6-15)31-24(36)37)23(35)33-19-10-9-17(28)21(29)20(19)27(40-25(33)38)11-4-12-30-14-27/h5-10,18,30-31H,4,11-14H2,1-3H3,(H,32,34)(H,36,37)/t18-,27?/m0/s1. The first-order chi connectivity index (χ1) is 18.9. The Labute approximate surface area is 234 Å². The number of carbonyl (C=O) groups excluding carboxylic acids is 3. The van der Waals surface area contributed by atoms with Crippen LogP contribution in [-0.2, 0) is 19.9 Å². The highest BCUT2D eigenvalue weighted by atomic mass is 35.5. The molecule has 2 atom stereocenters. The fraction of sp³-hybridized carbons (Fsp3) is 0.407. The van der Waals surface area contributed by atoms with E-state index in [0.29, 0.717) is 19.4 Å². The number of fused-ring (bicyclic) bond motifs is 2. The fourth-order valence-electron chi connectivity index (χ4n) is 4.91. The smallest absolute Gasteiger partial charge is 0.422 e. The molecule has 2 aromatic carbocycles. The molecule has 4 amide bonds. The summed E-state index contributed by atoms with van der Waals surface area (Å²) in [6.07, 6.45) is -1.37. The molecule has 0 radical (unpaired) electrons. The quantitative estimate of drug-likeness (QED) is 0.383. The van der Waals surface area contributed by atoms with E-state index >= 15 is 4.39 Å². The second-order valence-electron chi connectivity index (χ2n) is 10.3. The number of hydrogen-bond donors (Lipinski definition) is 4. The average Bonchev–Trinajstić information content (AvgIpc) is 2.90. The predicted molar refractivity (Wildman–Crippen MR) is 144 cm³/mol. The summed E-state index contributed by atoms with van der Waals surface area (Å²) in [7, 11) is 1.44. The zero-order valence-electron chi connectivity index (χ0n) is 22.2. The number of amides is 4. The van der Waals surface area contributed by atoms with Gasteiger partial charge in [-0.3, -0.25) is 14.9 Å². The van der Waals surface area contributed by atoms with Crippen LogP contribution in [0.3, 0.4) is 0 Å². The summed E-state index contributed by atoms with van der Waals surface area (Å²) in [5, 5.41) is 16.6. The summed E-state index contributed by atoms with van der Waals surface area (Å²) < 4.78 is 26.8. The van der Waals surface area contributed by atoms with Crippen LogP contribution in [0.2, 0.25) is 5.02 Å². The number of halogens is 2. The Bertz CT molecular complexity index is 1330. The molecule has 1 saturated heterocycles. The molecule has 2 aromatic rings. The minimum Gasteiger partial charge on any atom is -0.465 e. The van der Waals surface area contributed by atoms with Gasteiger partial charge in [0.2, 0.25) is 0 Å². The van der Waals surface area contributed by atoms with Crippen molar-refractivity contribution in [3.8, 4) is 0 Å². The monoisotopic (exact) mass is 576 g/mol. The first-order valence-corrected chi connectivity index (χ1v) is 13.0. The topological polar surface area (TPSA) is 146 Å². The largest absolute Gasteiger partial charge is 0.465 e. The third-order valence-corrected chi connectivity index (χ3v) is 7.34. The predicted octanol–water partition coefficient (Wildman–Crippen LogP) is 4.24. The third kappa shape index (κ3) is 5.88. The third-order valence-electron chi connectivity index (χ3n) is 7.05. The molecule has 0 saturated carbocycles. The summed E-state index contributed by atoms with van der Waals surface area (Å²) in [5.74, 6) is -2.30. The highest BCUT2D eigenvalue weighted by Gasteiger charge is 2.51. The number of nitrogens with one attached hydrogen (secondary N) is 3. The van der Waals surface area contributed by atoms with Gasteiger partial charge in [0, 0.05) is 31.3 Å². The van der Waals surface area contributed by atoms with Crippen molar-refractivity contribution in [3.05, 3.63) is 58.4 Å². The molecule has 1 spiro atoms. The lowest BCUT2D eigenvalue weighted by Gasteiger charge is -2.44. The number of anilines is 2. The van der Waals surface area contributed by atoms with E-state index in [4.69, 9.17) is 26.2 Å². The first-order valence-electron chi connectivity index (χ1n) is 12.6. The second kappa shape index (κ2) is 11.4. The van der Waals surface area contributed by atoms with Crippen LogP contribution in [0.5, 0.6) is 0 Å². The van der Waals surface area contributed by atoms with Crippen LogP contribution in [0, 0.1) is 5.82 Å². The van der Waals surface area contributed by atoms with E-state index in [1.165, 1.54) is 43.5 Å². The fourth-order valence-corrected chi connectivity index (χ4v) is 5.07. The maximum Gasteiger partial charge on any atom is 0.422 e. The molecule has 1 fully saturated rings. The molecule has 0 aliphatic carbocycles. The average molecular weight is 577 g/mol. The van der Waals surface area contributed by atoms with Crippen molar-refractivity contribution in [2.45, 2.75) is 50.4 Å². The number of imide groups is 1. The molecule has 4 rings (SSSR count). The molecule has 1 unspecified atom stereocenters. The van der Waals surface area contributed by atoms with Crippen LogP contribution in [0.4, 0.5) is 25.4 Å². The lowest BCUT2D eigenvalue weighted by molar-refractivity contribution is -0.122. The van der Waals surface area contributed by atoms with Crippen LogP contribution >= 0.6 is 11.6 Å². The zero-order valence-corrected chi connectivity index (χ0v) is 22.9. The van der Waals surface area contributed by atoms with Gasteiger partial charge in [-0.05, 0) is 69.6 Å². The Hall–Kier alpha value is -3.74. The van der Waals surface area contributed by atoms with Crippen molar-refractivity contribution in [2.24, 2.45) is 0 Å². The van der Waals surface area contributed by atoms with Crippen LogP contribution in [-0.4, -0.2) is 60.9 Å². The molecular weight excluding hydrogens is 547 g/mol. The summed E-state index contributed by atoms with van der Waals surface area (Å²) in [6, 6.07) is 6.90.